The van der Waals surface area contributed by atoms with Crippen LogP contribution in [0.2, 0.25) is 0 Å². The number of rotatable bonds is 3. The van der Waals surface area contributed by atoms with Crippen LogP contribution in [-0.2, 0) is 4.79 Å². The molecule has 0 spiro atoms. The first kappa shape index (κ1) is 16.8. The second kappa shape index (κ2) is 6.29. The molecule has 22 heavy (non-hydrogen) atoms. The van der Waals surface area contributed by atoms with E-state index in [2.05, 4.69) is 5.32 Å². The van der Waals surface area contributed by atoms with Crippen LogP contribution in [0.25, 0.3) is 0 Å². The maximum atomic E-state index is 12.3. The number of hydrogen-bond acceptors (Lipinski definition) is 3. The van der Waals surface area contributed by atoms with E-state index < -0.39 is 11.5 Å². The van der Waals surface area contributed by atoms with Crippen LogP contribution in [0.4, 0.5) is 0 Å². The van der Waals surface area contributed by atoms with Crippen molar-refractivity contribution in [3.05, 3.63) is 28.8 Å². The number of amides is 1. The van der Waals surface area contributed by atoms with Crippen molar-refractivity contribution < 1.29 is 14.6 Å². The molecule has 0 aliphatic carbocycles. The predicted octanol–water partition coefficient (Wildman–Crippen LogP) is 3.42. The highest BCUT2D eigenvalue weighted by molar-refractivity contribution is 5.82. The number of nitrogens with one attached hydrogen (secondary N) is 1. The number of fused-ring (bicyclic) bond motifs is 1. The van der Waals surface area contributed by atoms with Crippen molar-refractivity contribution in [2.24, 2.45) is 5.41 Å². The van der Waals surface area contributed by atoms with E-state index in [1.165, 1.54) is 0 Å². The summed E-state index contributed by atoms with van der Waals surface area (Å²) in [4.78, 5) is 12.3. The fourth-order valence-electron chi connectivity index (χ4n) is 2.67. The van der Waals surface area contributed by atoms with E-state index in [1.54, 1.807) is 0 Å². The zero-order valence-corrected chi connectivity index (χ0v) is 14.2. The van der Waals surface area contributed by atoms with Gasteiger partial charge in [-0.2, -0.15) is 0 Å². The molecule has 1 amide bonds. The standard InChI is InChI=1S/C18H27NO3/c1-6-15(20)12-9-11(2)16-13(10-12)14(7-8-22-16)19-17(21)18(3,4)5/h9-10,14-15,20H,6-8H2,1-5H3,(H,19,21). The first-order valence-electron chi connectivity index (χ1n) is 8.00. The number of aliphatic hydroxyl groups excluding tert-OH is 1. The average molecular weight is 305 g/mol. The Morgan fingerprint density at radius 2 is 2.14 bits per heavy atom. The third kappa shape index (κ3) is 3.43. The van der Waals surface area contributed by atoms with Crippen molar-refractivity contribution in [2.75, 3.05) is 6.61 Å². The van der Waals surface area contributed by atoms with Gasteiger partial charge in [-0.05, 0) is 36.6 Å². The largest absolute Gasteiger partial charge is 0.493 e. The van der Waals surface area contributed by atoms with Gasteiger partial charge >= 0.3 is 0 Å². The summed E-state index contributed by atoms with van der Waals surface area (Å²) in [7, 11) is 0. The highest BCUT2D eigenvalue weighted by Crippen LogP contribution is 2.38. The lowest BCUT2D eigenvalue weighted by atomic mass is 9.91. The van der Waals surface area contributed by atoms with Crippen molar-refractivity contribution in [3.63, 3.8) is 0 Å². The fourth-order valence-corrected chi connectivity index (χ4v) is 2.67. The van der Waals surface area contributed by atoms with Gasteiger partial charge in [0.25, 0.3) is 0 Å². The predicted molar refractivity (Wildman–Crippen MR) is 86.9 cm³/mol. The van der Waals surface area contributed by atoms with E-state index in [0.717, 1.165) is 28.9 Å². The minimum Gasteiger partial charge on any atom is -0.493 e. The zero-order valence-electron chi connectivity index (χ0n) is 14.2. The molecule has 0 aromatic heterocycles. The van der Waals surface area contributed by atoms with Crippen LogP contribution in [0, 0.1) is 12.3 Å². The Labute approximate surface area is 132 Å². The van der Waals surface area contributed by atoms with Gasteiger partial charge in [-0.25, -0.2) is 0 Å². The first-order valence-corrected chi connectivity index (χ1v) is 8.00. The van der Waals surface area contributed by atoms with Gasteiger partial charge in [-0.15, -0.1) is 0 Å². The minimum atomic E-state index is -0.482. The molecule has 122 valence electrons. The topological polar surface area (TPSA) is 58.6 Å². The summed E-state index contributed by atoms with van der Waals surface area (Å²) >= 11 is 0. The fraction of sp³-hybridized carbons (Fsp3) is 0.611. The molecule has 2 atom stereocenters. The molecule has 0 radical (unpaired) electrons. The third-order valence-electron chi connectivity index (χ3n) is 4.11. The van der Waals surface area contributed by atoms with Crippen LogP contribution in [-0.4, -0.2) is 17.6 Å². The number of aliphatic hydroxyl groups is 1. The molecule has 0 fully saturated rings. The molecule has 1 aliphatic heterocycles. The number of aryl methyl sites for hydroxylation is 1. The van der Waals surface area contributed by atoms with Crippen LogP contribution in [0.3, 0.4) is 0 Å². The highest BCUT2D eigenvalue weighted by atomic mass is 16.5. The van der Waals surface area contributed by atoms with Gasteiger partial charge in [-0.1, -0.05) is 27.7 Å². The lowest BCUT2D eigenvalue weighted by molar-refractivity contribution is -0.129. The van der Waals surface area contributed by atoms with E-state index in [9.17, 15) is 9.90 Å². The number of carbonyl (C=O) groups excluding carboxylic acids is 1. The molecule has 1 aliphatic rings. The van der Waals surface area contributed by atoms with Gasteiger partial charge in [0.1, 0.15) is 5.75 Å². The normalized spacial score (nSPS) is 19.1. The Bertz CT molecular complexity index is 560. The van der Waals surface area contributed by atoms with Crippen LogP contribution in [0.15, 0.2) is 12.1 Å². The number of hydrogen-bond donors (Lipinski definition) is 2. The van der Waals surface area contributed by atoms with E-state index in [4.69, 9.17) is 4.74 Å². The summed E-state index contributed by atoms with van der Waals surface area (Å²) in [5, 5.41) is 13.3. The molecule has 2 rings (SSSR count). The Hall–Kier alpha value is -1.55. The molecule has 0 saturated carbocycles. The number of benzene rings is 1. The van der Waals surface area contributed by atoms with Gasteiger partial charge in [0.15, 0.2) is 0 Å². The molecule has 2 N–H and O–H groups in total. The van der Waals surface area contributed by atoms with Gasteiger partial charge < -0.3 is 15.2 Å². The van der Waals surface area contributed by atoms with Gasteiger partial charge in [-0.3, -0.25) is 4.79 Å². The quantitative estimate of drug-likeness (QED) is 0.899. The molecule has 2 unspecified atom stereocenters. The molecule has 0 saturated heterocycles. The molecule has 1 aromatic carbocycles. The summed E-state index contributed by atoms with van der Waals surface area (Å²) in [5.74, 6) is 0.877. The summed E-state index contributed by atoms with van der Waals surface area (Å²) in [6, 6.07) is 3.89. The Morgan fingerprint density at radius 1 is 1.45 bits per heavy atom. The lowest BCUT2D eigenvalue weighted by Gasteiger charge is -2.31. The summed E-state index contributed by atoms with van der Waals surface area (Å²) in [5.41, 5.74) is 2.45. The highest BCUT2D eigenvalue weighted by Gasteiger charge is 2.29. The third-order valence-corrected chi connectivity index (χ3v) is 4.11. The van der Waals surface area contributed by atoms with Gasteiger partial charge in [0, 0.05) is 17.4 Å². The smallest absolute Gasteiger partial charge is 0.225 e. The molecule has 1 aromatic rings. The summed E-state index contributed by atoms with van der Waals surface area (Å²) in [6.45, 7) is 10.3. The van der Waals surface area contributed by atoms with E-state index >= 15 is 0 Å². The molecular formula is C18H27NO3. The monoisotopic (exact) mass is 305 g/mol. The van der Waals surface area contributed by atoms with E-state index in [-0.39, 0.29) is 11.9 Å². The minimum absolute atomic E-state index is 0.0319. The van der Waals surface area contributed by atoms with Gasteiger partial charge in [0.2, 0.25) is 5.91 Å². The van der Waals surface area contributed by atoms with Gasteiger partial charge in [0.05, 0.1) is 18.8 Å². The SMILES string of the molecule is CCC(O)c1cc(C)c2c(c1)C(NC(=O)C(C)(C)C)CCO2. The lowest BCUT2D eigenvalue weighted by Crippen LogP contribution is -2.39. The maximum Gasteiger partial charge on any atom is 0.225 e. The van der Waals surface area contributed by atoms with Crippen LogP contribution in [0.5, 0.6) is 5.75 Å². The first-order chi connectivity index (χ1) is 10.2. The molecule has 0 bridgehead atoms. The second-order valence-electron chi connectivity index (χ2n) is 7.09. The van der Waals surface area contributed by atoms with Crippen molar-refractivity contribution in [3.8, 4) is 5.75 Å². The summed E-state index contributed by atoms with van der Waals surface area (Å²) in [6.07, 6.45) is 0.933. The van der Waals surface area contributed by atoms with Crippen LogP contribution in [0.1, 0.15) is 69.4 Å². The van der Waals surface area contributed by atoms with Crippen molar-refractivity contribution in [2.45, 2.75) is 59.6 Å². The van der Waals surface area contributed by atoms with E-state index in [1.807, 2.05) is 46.8 Å². The van der Waals surface area contributed by atoms with Crippen molar-refractivity contribution in [1.29, 1.82) is 0 Å². The Morgan fingerprint density at radius 3 is 2.73 bits per heavy atom. The summed E-state index contributed by atoms with van der Waals surface area (Å²) < 4.78 is 5.79. The zero-order chi connectivity index (χ0) is 16.5. The van der Waals surface area contributed by atoms with E-state index in [0.29, 0.717) is 13.0 Å². The number of carbonyl (C=O) groups is 1. The van der Waals surface area contributed by atoms with Crippen LogP contribution < -0.4 is 10.1 Å². The van der Waals surface area contributed by atoms with Crippen molar-refractivity contribution >= 4 is 5.91 Å². The molecule has 1 heterocycles. The molecular weight excluding hydrogens is 278 g/mol. The maximum absolute atomic E-state index is 12.3. The number of ether oxygens (including phenoxy) is 1. The average Bonchev–Trinajstić information content (AvgIpc) is 2.46. The molecule has 4 nitrogen and oxygen atoms in total. The van der Waals surface area contributed by atoms with Crippen LogP contribution >= 0.6 is 0 Å². The van der Waals surface area contributed by atoms with Crippen molar-refractivity contribution in [1.82, 2.24) is 5.32 Å². The Kier molecular flexibility index (Phi) is 4.81. The second-order valence-corrected chi connectivity index (χ2v) is 7.09. The Balaban J connectivity index is 2.36. The molecule has 4 heteroatoms.